The van der Waals surface area contributed by atoms with Crippen molar-refractivity contribution in [1.29, 1.82) is 0 Å². The minimum Gasteiger partial charge on any atom is -0.354 e. The Balaban J connectivity index is 0.00000361. The maximum atomic E-state index is 11.7. The zero-order valence-corrected chi connectivity index (χ0v) is 13.7. The summed E-state index contributed by atoms with van der Waals surface area (Å²) in [7, 11) is -3.19. The molecule has 0 radical (unpaired) electrons. The quantitative estimate of drug-likeness (QED) is 0.628. The Labute approximate surface area is 127 Å². The van der Waals surface area contributed by atoms with Gasteiger partial charge in [-0.3, -0.25) is 4.79 Å². The van der Waals surface area contributed by atoms with E-state index in [4.69, 9.17) is 5.73 Å². The van der Waals surface area contributed by atoms with Gasteiger partial charge in [0, 0.05) is 12.6 Å². The summed E-state index contributed by atoms with van der Waals surface area (Å²) in [4.78, 5) is 11.7. The van der Waals surface area contributed by atoms with Crippen LogP contribution in [0.4, 0.5) is 0 Å². The molecular formula is C12H26ClN3O3S. The normalized spacial score (nSPS) is 23.9. The van der Waals surface area contributed by atoms with Gasteiger partial charge in [-0.2, -0.15) is 0 Å². The van der Waals surface area contributed by atoms with Crippen molar-refractivity contribution in [1.82, 2.24) is 10.0 Å². The van der Waals surface area contributed by atoms with Crippen LogP contribution >= 0.6 is 12.4 Å². The number of carbonyl (C=O) groups is 1. The summed E-state index contributed by atoms with van der Waals surface area (Å²) in [5.41, 5.74) is 5.73. The first-order chi connectivity index (χ1) is 8.83. The number of amides is 1. The van der Waals surface area contributed by atoms with Crippen LogP contribution in [0.2, 0.25) is 0 Å². The highest BCUT2D eigenvalue weighted by molar-refractivity contribution is 7.88. The van der Waals surface area contributed by atoms with Gasteiger partial charge in [-0.05, 0) is 25.2 Å². The van der Waals surface area contributed by atoms with Crippen molar-refractivity contribution < 1.29 is 13.2 Å². The molecule has 1 aliphatic rings. The Morgan fingerprint density at radius 3 is 2.60 bits per heavy atom. The molecule has 1 saturated carbocycles. The summed E-state index contributed by atoms with van der Waals surface area (Å²) in [6.07, 6.45) is 5.44. The largest absolute Gasteiger partial charge is 0.354 e. The number of rotatable bonds is 7. The van der Waals surface area contributed by atoms with E-state index in [0.29, 0.717) is 13.0 Å². The lowest BCUT2D eigenvalue weighted by atomic mass is 10.0. The number of nitrogens with two attached hydrogens (primary N) is 1. The first kappa shape index (κ1) is 19.6. The number of sulfonamides is 1. The van der Waals surface area contributed by atoms with Gasteiger partial charge < -0.3 is 11.1 Å². The van der Waals surface area contributed by atoms with Gasteiger partial charge in [-0.1, -0.05) is 19.8 Å². The smallest absolute Gasteiger partial charge is 0.236 e. The fraction of sp³-hybridized carbons (Fsp3) is 0.917. The molecule has 0 spiro atoms. The molecule has 0 saturated heterocycles. The molecule has 1 fully saturated rings. The highest BCUT2D eigenvalue weighted by atomic mass is 35.5. The van der Waals surface area contributed by atoms with E-state index in [0.717, 1.165) is 31.9 Å². The topological polar surface area (TPSA) is 101 Å². The van der Waals surface area contributed by atoms with Crippen molar-refractivity contribution in [3.05, 3.63) is 0 Å². The van der Waals surface area contributed by atoms with Crippen LogP contribution in [0, 0.1) is 5.92 Å². The standard InChI is InChI=1S/C12H25N3O3S.ClH/c1-3-5-10(13)12(16)14-8-9-6-4-7-11(9)15-19(2,17)18;/h9-11,15H,3-8,13H2,1-2H3,(H,14,16);1H. The minimum atomic E-state index is -3.19. The fourth-order valence-electron chi connectivity index (χ4n) is 2.52. The molecule has 6 nitrogen and oxygen atoms in total. The van der Waals surface area contributed by atoms with E-state index >= 15 is 0 Å². The summed E-state index contributed by atoms with van der Waals surface area (Å²) < 4.78 is 25.1. The molecule has 120 valence electrons. The number of carbonyl (C=O) groups excluding carboxylic acids is 1. The Morgan fingerprint density at radius 1 is 1.40 bits per heavy atom. The van der Waals surface area contributed by atoms with Crippen LogP contribution in [0.1, 0.15) is 39.0 Å². The molecule has 0 heterocycles. The van der Waals surface area contributed by atoms with Crippen LogP contribution in [0.25, 0.3) is 0 Å². The molecule has 0 aliphatic heterocycles. The lowest BCUT2D eigenvalue weighted by Gasteiger charge is -2.21. The van der Waals surface area contributed by atoms with Gasteiger partial charge in [-0.25, -0.2) is 13.1 Å². The molecule has 8 heteroatoms. The average molecular weight is 328 g/mol. The summed E-state index contributed by atoms with van der Waals surface area (Å²) in [5, 5.41) is 2.83. The van der Waals surface area contributed by atoms with Gasteiger partial charge in [0.05, 0.1) is 12.3 Å². The second-order valence-corrected chi connectivity index (χ2v) is 7.11. The zero-order valence-electron chi connectivity index (χ0n) is 12.1. The molecule has 3 unspecified atom stereocenters. The summed E-state index contributed by atoms with van der Waals surface area (Å²) >= 11 is 0. The van der Waals surface area contributed by atoms with Crippen molar-refractivity contribution >= 4 is 28.3 Å². The van der Waals surface area contributed by atoms with Gasteiger partial charge in [-0.15, -0.1) is 12.4 Å². The summed E-state index contributed by atoms with van der Waals surface area (Å²) in [6, 6.07) is -0.537. The molecule has 0 bridgehead atoms. The van der Waals surface area contributed by atoms with E-state index in [1.807, 2.05) is 6.92 Å². The van der Waals surface area contributed by atoms with Crippen LogP contribution in [0.3, 0.4) is 0 Å². The fourth-order valence-corrected chi connectivity index (χ4v) is 3.38. The van der Waals surface area contributed by atoms with Crippen molar-refractivity contribution in [3.63, 3.8) is 0 Å². The maximum Gasteiger partial charge on any atom is 0.236 e. The van der Waals surface area contributed by atoms with Crippen molar-refractivity contribution in [2.45, 2.75) is 51.1 Å². The van der Waals surface area contributed by atoms with Gasteiger partial charge >= 0.3 is 0 Å². The third-order valence-corrected chi connectivity index (χ3v) is 4.23. The van der Waals surface area contributed by atoms with Crippen molar-refractivity contribution in [3.8, 4) is 0 Å². The Kier molecular flexibility index (Phi) is 8.65. The Morgan fingerprint density at radius 2 is 2.05 bits per heavy atom. The highest BCUT2D eigenvalue weighted by Crippen LogP contribution is 2.25. The monoisotopic (exact) mass is 327 g/mol. The molecule has 0 aromatic heterocycles. The van der Waals surface area contributed by atoms with Gasteiger partial charge in [0.1, 0.15) is 0 Å². The van der Waals surface area contributed by atoms with Gasteiger partial charge in [0.2, 0.25) is 15.9 Å². The first-order valence-corrected chi connectivity index (χ1v) is 8.73. The SMILES string of the molecule is CCCC(N)C(=O)NCC1CCCC1NS(C)(=O)=O.Cl. The van der Waals surface area contributed by atoms with Crippen molar-refractivity contribution in [2.24, 2.45) is 11.7 Å². The Bertz CT molecular complexity index is 403. The molecule has 1 rings (SSSR count). The van der Waals surface area contributed by atoms with E-state index in [2.05, 4.69) is 10.0 Å². The summed E-state index contributed by atoms with van der Waals surface area (Å²) in [6.45, 7) is 2.47. The molecule has 4 N–H and O–H groups in total. The molecule has 1 aliphatic carbocycles. The van der Waals surface area contributed by atoms with E-state index in [-0.39, 0.29) is 30.3 Å². The van der Waals surface area contributed by atoms with Gasteiger partial charge in [0.25, 0.3) is 0 Å². The summed E-state index contributed by atoms with van der Waals surface area (Å²) in [5.74, 6) is 0.0133. The van der Waals surface area contributed by atoms with Crippen LogP contribution in [0.15, 0.2) is 0 Å². The molecule has 20 heavy (non-hydrogen) atoms. The third-order valence-electron chi connectivity index (χ3n) is 3.50. The number of halogens is 1. The molecule has 3 atom stereocenters. The van der Waals surface area contributed by atoms with E-state index in [1.165, 1.54) is 0 Å². The molecule has 0 aromatic carbocycles. The first-order valence-electron chi connectivity index (χ1n) is 6.84. The van der Waals surface area contributed by atoms with Crippen LogP contribution in [0.5, 0.6) is 0 Å². The zero-order chi connectivity index (χ0) is 14.5. The van der Waals surface area contributed by atoms with Crippen LogP contribution in [-0.2, 0) is 14.8 Å². The van der Waals surface area contributed by atoms with E-state index < -0.39 is 16.1 Å². The van der Waals surface area contributed by atoms with Gasteiger partial charge in [0.15, 0.2) is 0 Å². The minimum absolute atomic E-state index is 0. The third kappa shape index (κ3) is 6.88. The second kappa shape index (κ2) is 8.81. The Hall–Kier alpha value is -0.370. The van der Waals surface area contributed by atoms with E-state index in [1.54, 1.807) is 0 Å². The van der Waals surface area contributed by atoms with Crippen molar-refractivity contribution in [2.75, 3.05) is 12.8 Å². The number of nitrogens with one attached hydrogen (secondary N) is 2. The van der Waals surface area contributed by atoms with E-state index in [9.17, 15) is 13.2 Å². The van der Waals surface area contributed by atoms with Crippen LogP contribution in [-0.4, -0.2) is 39.2 Å². The highest BCUT2D eigenvalue weighted by Gasteiger charge is 2.29. The molecule has 1 amide bonds. The lowest BCUT2D eigenvalue weighted by Crippen LogP contribution is -2.45. The predicted octanol–water partition coefficient (Wildman–Crippen LogP) is 0.370. The number of hydrogen-bond acceptors (Lipinski definition) is 4. The molecular weight excluding hydrogens is 302 g/mol. The molecule has 0 aromatic rings. The number of hydrogen-bond donors (Lipinski definition) is 3. The maximum absolute atomic E-state index is 11.7. The van der Waals surface area contributed by atoms with Crippen LogP contribution < -0.4 is 15.8 Å². The lowest BCUT2D eigenvalue weighted by molar-refractivity contribution is -0.122. The predicted molar refractivity (Wildman–Crippen MR) is 82.2 cm³/mol. The average Bonchev–Trinajstić information content (AvgIpc) is 2.71. The second-order valence-electron chi connectivity index (χ2n) is 5.33.